The molecule has 34 heavy (non-hydrogen) atoms. The average Bonchev–Trinajstić information content (AvgIpc) is 3.32. The summed E-state index contributed by atoms with van der Waals surface area (Å²) in [6, 6.07) is 19.3. The smallest absolute Gasteiger partial charge is 0.254 e. The van der Waals surface area contributed by atoms with Gasteiger partial charge in [0.1, 0.15) is 13.2 Å². The van der Waals surface area contributed by atoms with Gasteiger partial charge in [0.15, 0.2) is 0 Å². The number of likely N-dealkylation sites (tertiary alicyclic amines) is 1. The van der Waals surface area contributed by atoms with Gasteiger partial charge in [-0.1, -0.05) is 53.7 Å². The van der Waals surface area contributed by atoms with Crippen LogP contribution in [-0.2, 0) is 9.63 Å². The normalized spacial score (nSPS) is 17.4. The van der Waals surface area contributed by atoms with Crippen molar-refractivity contribution in [1.29, 1.82) is 0 Å². The molecule has 174 valence electrons. The molecule has 0 aliphatic carbocycles. The Kier molecular flexibility index (Phi) is 7.29. The molecule has 0 bridgehead atoms. The molecule has 2 amide bonds. The highest BCUT2D eigenvalue weighted by Gasteiger charge is 2.38. The summed E-state index contributed by atoms with van der Waals surface area (Å²) in [5, 5.41) is 17.1. The number of aliphatic hydroxyl groups is 1. The van der Waals surface area contributed by atoms with Crippen LogP contribution in [0.2, 0.25) is 0 Å². The first-order valence-electron chi connectivity index (χ1n) is 11.0. The summed E-state index contributed by atoms with van der Waals surface area (Å²) in [6.45, 7) is 0.230. The van der Waals surface area contributed by atoms with Crippen LogP contribution in [0.4, 0.5) is 0 Å². The average molecular weight is 459 g/mol. The third kappa shape index (κ3) is 5.29. The van der Waals surface area contributed by atoms with Gasteiger partial charge in [-0.3, -0.25) is 14.6 Å². The second-order valence-electron chi connectivity index (χ2n) is 7.98. The Morgan fingerprint density at radius 1 is 1.12 bits per heavy atom. The first kappa shape index (κ1) is 23.1. The standard InChI is InChI=1S/C26H26N4O4/c1-34-29-22-14-23(25(32)28-16-24(31)19-6-3-2-4-7-19)30(17-22)26(33)20-11-9-18(10-12-20)21-8-5-13-27-15-21/h2-13,15,23-24,31H,14,16-17H2,1H3,(H,28,32)/b29-22-/t23-,24-/m0/s1. The van der Waals surface area contributed by atoms with Crippen LogP contribution in [0, 0.1) is 0 Å². The summed E-state index contributed by atoms with van der Waals surface area (Å²) in [5.41, 5.74) is 3.67. The van der Waals surface area contributed by atoms with Gasteiger partial charge < -0.3 is 20.2 Å². The summed E-state index contributed by atoms with van der Waals surface area (Å²) in [4.78, 5) is 36.8. The monoisotopic (exact) mass is 458 g/mol. The molecule has 2 atom stereocenters. The van der Waals surface area contributed by atoms with Gasteiger partial charge in [0, 0.05) is 30.9 Å². The highest BCUT2D eigenvalue weighted by molar-refractivity contribution is 6.05. The molecule has 1 aliphatic rings. The van der Waals surface area contributed by atoms with Gasteiger partial charge in [0.2, 0.25) is 5.91 Å². The van der Waals surface area contributed by atoms with E-state index in [1.165, 1.54) is 12.0 Å². The molecular weight excluding hydrogens is 432 g/mol. The highest BCUT2D eigenvalue weighted by Crippen LogP contribution is 2.23. The number of aliphatic hydroxyl groups excluding tert-OH is 1. The quantitative estimate of drug-likeness (QED) is 0.530. The Bertz CT molecular complexity index is 1150. The molecule has 1 aliphatic heterocycles. The number of aromatic nitrogens is 1. The number of amides is 2. The van der Waals surface area contributed by atoms with Crippen molar-refractivity contribution in [1.82, 2.24) is 15.2 Å². The lowest BCUT2D eigenvalue weighted by Gasteiger charge is -2.24. The molecule has 2 heterocycles. The van der Waals surface area contributed by atoms with Gasteiger partial charge >= 0.3 is 0 Å². The molecule has 0 saturated carbocycles. The largest absolute Gasteiger partial charge is 0.399 e. The zero-order valence-electron chi connectivity index (χ0n) is 18.8. The maximum atomic E-state index is 13.3. The number of nitrogens with one attached hydrogen (secondary N) is 1. The highest BCUT2D eigenvalue weighted by atomic mass is 16.6. The Labute approximate surface area is 197 Å². The third-order valence-corrected chi connectivity index (χ3v) is 5.72. The van der Waals surface area contributed by atoms with Crippen molar-refractivity contribution in [2.24, 2.45) is 5.16 Å². The minimum absolute atomic E-state index is 0.0396. The lowest BCUT2D eigenvalue weighted by atomic mass is 10.0. The van der Waals surface area contributed by atoms with Crippen molar-refractivity contribution < 1.29 is 19.5 Å². The Morgan fingerprint density at radius 3 is 2.56 bits per heavy atom. The van der Waals surface area contributed by atoms with Gasteiger partial charge in [-0.25, -0.2) is 0 Å². The molecule has 0 unspecified atom stereocenters. The van der Waals surface area contributed by atoms with E-state index in [-0.39, 0.29) is 31.3 Å². The van der Waals surface area contributed by atoms with Crippen molar-refractivity contribution in [2.75, 3.05) is 20.2 Å². The summed E-state index contributed by atoms with van der Waals surface area (Å²) in [6.07, 6.45) is 2.89. The predicted molar refractivity (Wildman–Crippen MR) is 128 cm³/mol. The van der Waals surface area contributed by atoms with Gasteiger partial charge in [-0.2, -0.15) is 0 Å². The molecule has 2 N–H and O–H groups in total. The molecule has 4 rings (SSSR count). The minimum Gasteiger partial charge on any atom is -0.399 e. The van der Waals surface area contributed by atoms with Gasteiger partial charge in [0.05, 0.1) is 18.4 Å². The fourth-order valence-electron chi connectivity index (χ4n) is 3.96. The maximum absolute atomic E-state index is 13.3. The SMILES string of the molecule is CO/N=C1/C[C@@H](C(=O)NC[C@H](O)c2ccccc2)N(C(=O)c2ccc(-c3cccnc3)cc2)C1. The fourth-order valence-corrected chi connectivity index (χ4v) is 3.96. The minimum atomic E-state index is -0.845. The van der Waals surface area contributed by atoms with Gasteiger partial charge in [-0.05, 0) is 34.9 Å². The summed E-state index contributed by atoms with van der Waals surface area (Å²) >= 11 is 0. The summed E-state index contributed by atoms with van der Waals surface area (Å²) in [5.74, 6) is -0.626. The number of nitrogens with zero attached hydrogens (tertiary/aromatic N) is 3. The molecule has 0 radical (unpaired) electrons. The molecule has 1 saturated heterocycles. The molecule has 8 nitrogen and oxygen atoms in total. The van der Waals surface area contributed by atoms with E-state index in [0.717, 1.165) is 11.1 Å². The van der Waals surface area contributed by atoms with Gasteiger partial charge in [-0.15, -0.1) is 0 Å². The number of benzene rings is 2. The van der Waals surface area contributed by atoms with Crippen LogP contribution in [0.25, 0.3) is 11.1 Å². The van der Waals surface area contributed by atoms with E-state index in [4.69, 9.17) is 4.84 Å². The summed E-state index contributed by atoms with van der Waals surface area (Å²) < 4.78 is 0. The van der Waals surface area contributed by atoms with E-state index in [1.54, 1.807) is 36.7 Å². The second-order valence-corrected chi connectivity index (χ2v) is 7.98. The lowest BCUT2D eigenvalue weighted by Crippen LogP contribution is -2.46. The van der Waals surface area contributed by atoms with Crippen LogP contribution >= 0.6 is 0 Å². The predicted octanol–water partition coefficient (Wildman–Crippen LogP) is 2.82. The first-order chi connectivity index (χ1) is 16.6. The Balaban J connectivity index is 1.47. The van der Waals surface area contributed by atoms with Crippen LogP contribution in [-0.4, -0.2) is 58.8 Å². The molecular formula is C26H26N4O4. The van der Waals surface area contributed by atoms with Crippen molar-refractivity contribution in [2.45, 2.75) is 18.6 Å². The second kappa shape index (κ2) is 10.7. The molecule has 1 fully saturated rings. The van der Waals surface area contributed by atoms with Crippen LogP contribution in [0.1, 0.15) is 28.4 Å². The van der Waals surface area contributed by atoms with E-state index < -0.39 is 12.1 Å². The number of hydrogen-bond acceptors (Lipinski definition) is 6. The Hall–Kier alpha value is -4.04. The molecule has 3 aromatic rings. The van der Waals surface area contributed by atoms with E-state index >= 15 is 0 Å². The van der Waals surface area contributed by atoms with Crippen LogP contribution in [0.5, 0.6) is 0 Å². The van der Waals surface area contributed by atoms with E-state index in [0.29, 0.717) is 16.8 Å². The maximum Gasteiger partial charge on any atom is 0.254 e. The van der Waals surface area contributed by atoms with Crippen molar-refractivity contribution in [3.8, 4) is 11.1 Å². The summed E-state index contributed by atoms with van der Waals surface area (Å²) in [7, 11) is 1.43. The molecule has 0 spiro atoms. The molecule has 2 aromatic carbocycles. The number of hydrogen-bond donors (Lipinski definition) is 2. The molecule has 8 heteroatoms. The van der Waals surface area contributed by atoms with Crippen molar-refractivity contribution in [3.63, 3.8) is 0 Å². The van der Waals surface area contributed by atoms with Gasteiger partial charge in [0.25, 0.3) is 5.91 Å². The van der Waals surface area contributed by atoms with Crippen LogP contribution in [0.15, 0.2) is 84.3 Å². The topological polar surface area (TPSA) is 104 Å². The fraction of sp³-hybridized carbons (Fsp3) is 0.231. The lowest BCUT2D eigenvalue weighted by molar-refractivity contribution is -0.125. The zero-order valence-corrected chi connectivity index (χ0v) is 18.8. The Morgan fingerprint density at radius 2 is 1.88 bits per heavy atom. The number of oxime groups is 1. The van der Waals surface area contributed by atoms with E-state index in [9.17, 15) is 14.7 Å². The van der Waals surface area contributed by atoms with Crippen LogP contribution in [0.3, 0.4) is 0 Å². The third-order valence-electron chi connectivity index (χ3n) is 5.72. The molecule has 1 aromatic heterocycles. The number of carbonyl (C=O) groups excluding carboxylic acids is 2. The zero-order chi connectivity index (χ0) is 23.9. The number of carbonyl (C=O) groups is 2. The first-order valence-corrected chi connectivity index (χ1v) is 11.0. The van der Waals surface area contributed by atoms with E-state index in [1.807, 2.05) is 42.5 Å². The van der Waals surface area contributed by atoms with Crippen molar-refractivity contribution in [3.05, 3.63) is 90.3 Å². The van der Waals surface area contributed by atoms with Crippen molar-refractivity contribution >= 4 is 17.5 Å². The number of pyridine rings is 1. The van der Waals surface area contributed by atoms with E-state index in [2.05, 4.69) is 15.5 Å². The van der Waals surface area contributed by atoms with Crippen LogP contribution < -0.4 is 5.32 Å². The number of rotatable bonds is 7.